The Labute approximate surface area is 116 Å². The van der Waals surface area contributed by atoms with E-state index in [1.54, 1.807) is 0 Å². The summed E-state index contributed by atoms with van der Waals surface area (Å²) >= 11 is 0. The Kier molecular flexibility index (Phi) is 5.00. The lowest BCUT2D eigenvalue weighted by Crippen LogP contribution is -2.30. The van der Waals surface area contributed by atoms with Crippen LogP contribution >= 0.6 is 0 Å². The molecule has 2 nitrogen and oxygen atoms in total. The van der Waals surface area contributed by atoms with Gasteiger partial charge in [0.2, 0.25) is 0 Å². The van der Waals surface area contributed by atoms with Crippen LogP contribution in [0.5, 0.6) is 0 Å². The van der Waals surface area contributed by atoms with E-state index in [1.165, 1.54) is 18.4 Å². The highest BCUT2D eigenvalue weighted by Crippen LogP contribution is 2.35. The second-order valence-electron chi connectivity index (χ2n) is 5.59. The first-order valence-corrected chi connectivity index (χ1v) is 7.47. The third kappa shape index (κ3) is 3.59. The van der Waals surface area contributed by atoms with Gasteiger partial charge in [0.05, 0.1) is 5.92 Å². The second kappa shape index (κ2) is 6.74. The molecule has 1 fully saturated rings. The predicted octanol–water partition coefficient (Wildman–Crippen LogP) is 4.30. The largest absolute Gasteiger partial charge is 0.462 e. The summed E-state index contributed by atoms with van der Waals surface area (Å²) in [7, 11) is 0. The highest BCUT2D eigenvalue weighted by atomic mass is 16.5. The molecule has 0 unspecified atom stereocenters. The van der Waals surface area contributed by atoms with Crippen LogP contribution in [-0.4, -0.2) is 12.1 Å². The molecule has 104 valence electrons. The summed E-state index contributed by atoms with van der Waals surface area (Å²) in [4.78, 5) is 12.0. The van der Waals surface area contributed by atoms with Gasteiger partial charge in [-0.3, -0.25) is 4.79 Å². The average Bonchev–Trinajstić information content (AvgIpc) is 2.47. The van der Waals surface area contributed by atoms with E-state index in [0.29, 0.717) is 5.92 Å². The van der Waals surface area contributed by atoms with Gasteiger partial charge in [0, 0.05) is 5.92 Å². The molecule has 0 heterocycles. The normalized spacial score (nSPS) is 24.7. The molecule has 2 heteroatoms. The zero-order chi connectivity index (χ0) is 13.7. The summed E-state index contributed by atoms with van der Waals surface area (Å²) in [6.45, 7) is 3.98. The maximum absolute atomic E-state index is 12.0. The van der Waals surface area contributed by atoms with Crippen LogP contribution in [0.25, 0.3) is 0 Å². The van der Waals surface area contributed by atoms with Crippen molar-refractivity contribution >= 4 is 5.97 Å². The van der Waals surface area contributed by atoms with Crippen LogP contribution in [0.4, 0.5) is 0 Å². The summed E-state index contributed by atoms with van der Waals surface area (Å²) in [5.74, 6) is 0.358. The lowest BCUT2D eigenvalue weighted by atomic mass is 9.81. The predicted molar refractivity (Wildman–Crippen MR) is 77.0 cm³/mol. The van der Waals surface area contributed by atoms with Gasteiger partial charge in [-0.1, -0.05) is 50.6 Å². The quantitative estimate of drug-likeness (QED) is 0.754. The van der Waals surface area contributed by atoms with Gasteiger partial charge in [0.1, 0.15) is 6.10 Å². The van der Waals surface area contributed by atoms with Crippen LogP contribution in [0, 0.1) is 5.92 Å². The van der Waals surface area contributed by atoms with Crippen molar-refractivity contribution in [2.24, 2.45) is 5.92 Å². The Balaban J connectivity index is 2.06. The highest BCUT2D eigenvalue weighted by Gasteiger charge is 2.30. The second-order valence-corrected chi connectivity index (χ2v) is 5.59. The van der Waals surface area contributed by atoms with Crippen molar-refractivity contribution in [1.82, 2.24) is 0 Å². The Morgan fingerprint density at radius 1 is 1.26 bits per heavy atom. The third-order valence-electron chi connectivity index (χ3n) is 4.21. The first kappa shape index (κ1) is 14.1. The van der Waals surface area contributed by atoms with E-state index in [-0.39, 0.29) is 18.0 Å². The van der Waals surface area contributed by atoms with Crippen LogP contribution < -0.4 is 0 Å². The van der Waals surface area contributed by atoms with Gasteiger partial charge >= 0.3 is 5.97 Å². The molecule has 0 radical (unpaired) electrons. The molecule has 1 aromatic rings. The van der Waals surface area contributed by atoms with Crippen LogP contribution in [0.1, 0.15) is 57.4 Å². The van der Waals surface area contributed by atoms with Crippen molar-refractivity contribution in [3.05, 3.63) is 35.9 Å². The van der Waals surface area contributed by atoms with E-state index >= 15 is 0 Å². The molecule has 0 N–H and O–H groups in total. The van der Waals surface area contributed by atoms with Crippen LogP contribution in [0.2, 0.25) is 0 Å². The number of hydrogen-bond acceptors (Lipinski definition) is 2. The number of benzene rings is 1. The fraction of sp³-hybridized carbons (Fsp3) is 0.588. The Hall–Kier alpha value is -1.31. The van der Waals surface area contributed by atoms with E-state index in [4.69, 9.17) is 4.74 Å². The fourth-order valence-corrected chi connectivity index (χ4v) is 2.75. The van der Waals surface area contributed by atoms with Crippen molar-refractivity contribution in [1.29, 1.82) is 0 Å². The van der Waals surface area contributed by atoms with Gasteiger partial charge in [-0.15, -0.1) is 0 Å². The summed E-state index contributed by atoms with van der Waals surface area (Å²) < 4.78 is 5.77. The van der Waals surface area contributed by atoms with Gasteiger partial charge in [-0.25, -0.2) is 0 Å². The molecule has 1 saturated carbocycles. The maximum atomic E-state index is 12.0. The first-order valence-electron chi connectivity index (χ1n) is 7.47. The number of ether oxygens (including phenoxy) is 1. The van der Waals surface area contributed by atoms with Crippen LogP contribution in [0.15, 0.2) is 30.3 Å². The Morgan fingerprint density at radius 3 is 2.63 bits per heavy atom. The van der Waals surface area contributed by atoms with Crippen molar-refractivity contribution < 1.29 is 9.53 Å². The average molecular weight is 260 g/mol. The Bertz CT molecular complexity index is 399. The monoisotopic (exact) mass is 260 g/mol. The molecule has 0 aromatic heterocycles. The van der Waals surface area contributed by atoms with Crippen molar-refractivity contribution in [2.45, 2.75) is 58.0 Å². The standard InChI is InChI=1S/C17H24O2/c1-3-13(2)17(18)19-16-12-8-7-11-15(16)14-9-5-4-6-10-14/h4-6,9-10,13,15-16H,3,7-8,11-12H2,1-2H3/t13-,15-,16+/m0/s1. The number of rotatable bonds is 4. The van der Waals surface area contributed by atoms with Gasteiger partial charge in [0.25, 0.3) is 0 Å². The SMILES string of the molecule is CC[C@H](C)C(=O)O[C@@H]1CCCC[C@H]1c1ccccc1. The molecule has 0 aliphatic heterocycles. The first-order chi connectivity index (χ1) is 9.22. The minimum Gasteiger partial charge on any atom is -0.462 e. The van der Waals surface area contributed by atoms with Crippen molar-refractivity contribution in [3.8, 4) is 0 Å². The third-order valence-corrected chi connectivity index (χ3v) is 4.21. The van der Waals surface area contributed by atoms with Crippen molar-refractivity contribution in [3.63, 3.8) is 0 Å². The summed E-state index contributed by atoms with van der Waals surface area (Å²) in [5, 5.41) is 0. The van der Waals surface area contributed by atoms with Gasteiger partial charge in [0.15, 0.2) is 0 Å². The van der Waals surface area contributed by atoms with Gasteiger partial charge < -0.3 is 4.74 Å². The minimum atomic E-state index is -0.0321. The fourth-order valence-electron chi connectivity index (χ4n) is 2.75. The number of carbonyl (C=O) groups is 1. The minimum absolute atomic E-state index is 0.0124. The summed E-state index contributed by atoms with van der Waals surface area (Å²) in [6.07, 6.45) is 5.45. The molecule has 0 amide bonds. The molecular formula is C17H24O2. The van der Waals surface area contributed by atoms with Crippen molar-refractivity contribution in [2.75, 3.05) is 0 Å². The topological polar surface area (TPSA) is 26.3 Å². The maximum Gasteiger partial charge on any atom is 0.308 e. The molecule has 1 aromatic carbocycles. The number of esters is 1. The molecule has 1 aliphatic rings. The van der Waals surface area contributed by atoms with E-state index < -0.39 is 0 Å². The van der Waals surface area contributed by atoms with E-state index in [9.17, 15) is 4.79 Å². The zero-order valence-corrected chi connectivity index (χ0v) is 12.0. The summed E-state index contributed by atoms with van der Waals surface area (Å²) in [6, 6.07) is 10.5. The molecule has 3 atom stereocenters. The van der Waals surface area contributed by atoms with E-state index in [0.717, 1.165) is 19.3 Å². The molecule has 0 spiro atoms. The summed E-state index contributed by atoms with van der Waals surface area (Å²) in [5.41, 5.74) is 1.31. The lowest BCUT2D eigenvalue weighted by Gasteiger charge is -2.32. The molecule has 2 rings (SSSR count). The molecular weight excluding hydrogens is 236 g/mol. The van der Waals surface area contributed by atoms with E-state index in [1.807, 2.05) is 19.9 Å². The lowest BCUT2D eigenvalue weighted by molar-refractivity contribution is -0.156. The van der Waals surface area contributed by atoms with Crippen LogP contribution in [-0.2, 0) is 9.53 Å². The van der Waals surface area contributed by atoms with Crippen LogP contribution in [0.3, 0.4) is 0 Å². The molecule has 19 heavy (non-hydrogen) atoms. The molecule has 0 bridgehead atoms. The molecule has 1 aliphatic carbocycles. The zero-order valence-electron chi connectivity index (χ0n) is 12.0. The van der Waals surface area contributed by atoms with Gasteiger partial charge in [-0.2, -0.15) is 0 Å². The number of carbonyl (C=O) groups excluding carboxylic acids is 1. The van der Waals surface area contributed by atoms with Gasteiger partial charge in [-0.05, 0) is 31.2 Å². The Morgan fingerprint density at radius 2 is 1.95 bits per heavy atom. The number of hydrogen-bond donors (Lipinski definition) is 0. The van der Waals surface area contributed by atoms with E-state index in [2.05, 4.69) is 24.3 Å². The smallest absolute Gasteiger partial charge is 0.308 e. The highest BCUT2D eigenvalue weighted by molar-refractivity contribution is 5.72. The molecule has 0 saturated heterocycles.